The van der Waals surface area contributed by atoms with Gasteiger partial charge in [-0.2, -0.15) is 0 Å². The molecule has 0 spiro atoms. The summed E-state index contributed by atoms with van der Waals surface area (Å²) in [7, 11) is -5.65. The van der Waals surface area contributed by atoms with Gasteiger partial charge in [-0.15, -0.1) is 0 Å². The van der Waals surface area contributed by atoms with Crippen molar-refractivity contribution in [3.63, 3.8) is 0 Å². The van der Waals surface area contributed by atoms with E-state index in [9.17, 15) is 0 Å². The highest BCUT2D eigenvalue weighted by Crippen LogP contribution is 2.60. The van der Waals surface area contributed by atoms with Crippen LogP contribution in [0.25, 0.3) is 27.5 Å². The number of rotatable bonds is 10. The van der Waals surface area contributed by atoms with E-state index >= 15 is 0 Å². The summed E-state index contributed by atoms with van der Waals surface area (Å²) in [4.78, 5) is 0. The molecule has 0 unspecified atom stereocenters. The summed E-state index contributed by atoms with van der Waals surface area (Å²) in [5, 5.41) is 13.7. The van der Waals surface area contributed by atoms with Crippen molar-refractivity contribution in [3.05, 3.63) is 248 Å². The van der Waals surface area contributed by atoms with Crippen molar-refractivity contribution in [2.75, 3.05) is 0 Å². The topological polar surface area (TPSA) is 4.93 Å². The van der Waals surface area contributed by atoms with E-state index in [-0.39, 0.29) is 0 Å². The molecule has 1 nitrogen and oxygen atoms in total. The zero-order valence-electron chi connectivity index (χ0n) is 38.0. The molecule has 9 aromatic carbocycles. The molecule has 1 aromatic heterocycles. The Morgan fingerprint density at radius 1 is 0.313 bits per heavy atom. The molecule has 10 aromatic rings. The van der Waals surface area contributed by atoms with Gasteiger partial charge in [0.25, 0.3) is 0 Å². The van der Waals surface area contributed by atoms with Crippen LogP contribution < -0.4 is 41.5 Å². The maximum Gasteiger partial charge on any atom is 0.179 e. The van der Waals surface area contributed by atoms with Crippen LogP contribution in [-0.2, 0) is 5.41 Å². The number of hydrogen-bond donors (Lipinski definition) is 0. The highest BCUT2D eigenvalue weighted by atomic mass is 28.3. The standard InChI is InChI=1S/C64H55NSi2/c1-7-19-52(20-8-1)66(53-21-9-2-10-22-53,54-23-11-3-12-24-54)58-35-37-62-60(42-58)61-43-59(67(55-25-13-4-14-26-55,56-27-15-5-16-28-56)57-29-17-6-18-30-57)36-38-63(61)65(62)51-33-31-50(32-34-51)64-44-47-39-48(45-64)41-49(40-47)46-64/h1-38,42-43,47-49H,39-41,44-46H2. The Labute approximate surface area is 397 Å². The van der Waals surface area contributed by atoms with Gasteiger partial charge in [0.15, 0.2) is 16.1 Å². The van der Waals surface area contributed by atoms with E-state index in [1.807, 2.05) is 0 Å². The molecule has 1 heterocycles. The summed E-state index contributed by atoms with van der Waals surface area (Å²) in [5.41, 5.74) is 5.68. The molecule has 4 saturated carbocycles. The maximum atomic E-state index is 2.61. The minimum absolute atomic E-state index is 0.360. The largest absolute Gasteiger partial charge is 0.309 e. The summed E-state index contributed by atoms with van der Waals surface area (Å²) < 4.78 is 2.58. The van der Waals surface area contributed by atoms with Gasteiger partial charge in [-0.05, 0) is 133 Å². The molecule has 0 atom stereocenters. The van der Waals surface area contributed by atoms with E-state index < -0.39 is 16.1 Å². The molecule has 4 aliphatic carbocycles. The third-order valence-electron chi connectivity index (χ3n) is 16.6. The van der Waals surface area contributed by atoms with Crippen LogP contribution in [0.15, 0.2) is 243 Å². The fourth-order valence-electron chi connectivity index (χ4n) is 14.3. The zero-order chi connectivity index (χ0) is 44.4. The fourth-order valence-corrected chi connectivity index (χ4v) is 23.9. The van der Waals surface area contributed by atoms with Crippen LogP contribution in [0.4, 0.5) is 0 Å². The first-order valence-electron chi connectivity index (χ1n) is 24.7. The summed E-state index contributed by atoms with van der Waals surface area (Å²) in [6, 6.07) is 93.3. The Morgan fingerprint density at radius 2 is 0.612 bits per heavy atom. The molecule has 0 amide bonds. The van der Waals surface area contributed by atoms with Crippen molar-refractivity contribution in [2.45, 2.75) is 43.9 Å². The van der Waals surface area contributed by atoms with Crippen LogP contribution in [0.1, 0.15) is 44.1 Å². The molecule has 0 N–H and O–H groups in total. The van der Waals surface area contributed by atoms with E-state index in [0.29, 0.717) is 5.41 Å². The van der Waals surface area contributed by atoms with Gasteiger partial charge in [0, 0.05) is 16.5 Å². The first-order valence-corrected chi connectivity index (χ1v) is 28.7. The lowest BCUT2D eigenvalue weighted by Gasteiger charge is -2.57. The molecule has 14 rings (SSSR count). The molecule has 4 aliphatic rings. The van der Waals surface area contributed by atoms with Gasteiger partial charge >= 0.3 is 0 Å². The van der Waals surface area contributed by atoms with Crippen LogP contribution in [0.5, 0.6) is 0 Å². The molecule has 0 radical (unpaired) electrons. The smallest absolute Gasteiger partial charge is 0.179 e. The molecular weight excluding hydrogens is 839 g/mol. The van der Waals surface area contributed by atoms with Gasteiger partial charge in [-0.1, -0.05) is 218 Å². The Balaban J connectivity index is 1.09. The third kappa shape index (κ3) is 6.39. The van der Waals surface area contributed by atoms with Gasteiger partial charge in [-0.3, -0.25) is 0 Å². The van der Waals surface area contributed by atoms with E-state index in [1.165, 1.54) is 108 Å². The Morgan fingerprint density at radius 3 is 0.910 bits per heavy atom. The maximum absolute atomic E-state index is 2.83. The van der Waals surface area contributed by atoms with Gasteiger partial charge in [0.2, 0.25) is 0 Å². The lowest BCUT2D eigenvalue weighted by atomic mass is 9.48. The van der Waals surface area contributed by atoms with Gasteiger partial charge in [0.1, 0.15) is 0 Å². The van der Waals surface area contributed by atoms with Crippen molar-refractivity contribution in [1.29, 1.82) is 0 Å². The van der Waals surface area contributed by atoms with Crippen LogP contribution in [0.2, 0.25) is 0 Å². The Hall–Kier alpha value is -6.79. The molecule has 0 aliphatic heterocycles. The summed E-state index contributed by atoms with van der Waals surface area (Å²) >= 11 is 0. The quantitative estimate of drug-likeness (QED) is 0.0953. The lowest BCUT2D eigenvalue weighted by molar-refractivity contribution is -0.00518. The molecule has 0 saturated heterocycles. The third-order valence-corrected chi connectivity index (χ3v) is 26.2. The van der Waals surface area contributed by atoms with Crippen molar-refractivity contribution < 1.29 is 0 Å². The number of aromatic nitrogens is 1. The molecular formula is C64H55NSi2. The Bertz CT molecular complexity index is 2940. The summed E-state index contributed by atoms with van der Waals surface area (Å²) in [6.45, 7) is 0. The van der Waals surface area contributed by atoms with E-state index in [4.69, 9.17) is 0 Å². The average molecular weight is 894 g/mol. The van der Waals surface area contributed by atoms with Crippen LogP contribution in [-0.4, -0.2) is 20.7 Å². The highest BCUT2D eigenvalue weighted by Gasteiger charge is 2.51. The number of hydrogen-bond acceptors (Lipinski definition) is 0. The molecule has 324 valence electrons. The molecule has 3 heteroatoms. The predicted octanol–water partition coefficient (Wildman–Crippen LogP) is 10.0. The van der Waals surface area contributed by atoms with Crippen molar-refractivity contribution in [1.82, 2.24) is 4.57 Å². The minimum atomic E-state index is -2.83. The van der Waals surface area contributed by atoms with Crippen LogP contribution in [0, 0.1) is 17.8 Å². The van der Waals surface area contributed by atoms with E-state index in [2.05, 4.69) is 247 Å². The summed E-state index contributed by atoms with van der Waals surface area (Å²) in [5.74, 6) is 2.76. The second kappa shape index (κ2) is 16.2. The van der Waals surface area contributed by atoms with Crippen molar-refractivity contribution >= 4 is 79.4 Å². The average Bonchev–Trinajstić information content (AvgIpc) is 3.72. The Kier molecular flexibility index (Phi) is 9.80. The predicted molar refractivity (Wildman–Crippen MR) is 288 cm³/mol. The first kappa shape index (κ1) is 40.5. The normalized spacial score (nSPS) is 20.1. The van der Waals surface area contributed by atoms with E-state index in [1.54, 1.807) is 5.56 Å². The number of benzene rings is 9. The van der Waals surface area contributed by atoms with Gasteiger partial charge < -0.3 is 4.57 Å². The minimum Gasteiger partial charge on any atom is -0.309 e. The lowest BCUT2D eigenvalue weighted by Crippen LogP contribution is -2.74. The van der Waals surface area contributed by atoms with Gasteiger partial charge in [0.05, 0.1) is 11.0 Å². The van der Waals surface area contributed by atoms with Crippen LogP contribution >= 0.6 is 0 Å². The number of fused-ring (bicyclic) bond motifs is 3. The second-order valence-electron chi connectivity index (χ2n) is 20.2. The van der Waals surface area contributed by atoms with Gasteiger partial charge in [-0.25, -0.2) is 0 Å². The monoisotopic (exact) mass is 893 g/mol. The zero-order valence-corrected chi connectivity index (χ0v) is 40.0. The molecule has 4 bridgehead atoms. The second-order valence-corrected chi connectivity index (χ2v) is 27.9. The highest BCUT2D eigenvalue weighted by molar-refractivity contribution is 7.20. The fraction of sp³-hybridized carbons (Fsp3) is 0.156. The van der Waals surface area contributed by atoms with Crippen molar-refractivity contribution in [2.24, 2.45) is 17.8 Å². The summed E-state index contributed by atoms with van der Waals surface area (Å²) in [6.07, 6.45) is 8.54. The first-order chi connectivity index (χ1) is 33.1. The van der Waals surface area contributed by atoms with Crippen molar-refractivity contribution in [3.8, 4) is 5.69 Å². The SMILES string of the molecule is c1ccc([Si](c2ccccc2)(c2ccccc2)c2ccc3c(c2)c2cc([Si](c4ccccc4)(c4ccccc4)c4ccccc4)ccc2n3-c2ccc(C34CC5CC(CC(C5)C3)C4)cc2)cc1. The molecule has 67 heavy (non-hydrogen) atoms. The molecule has 4 fully saturated rings. The number of nitrogens with zero attached hydrogens (tertiary/aromatic N) is 1. The van der Waals surface area contributed by atoms with E-state index in [0.717, 1.165) is 17.8 Å². The van der Waals surface area contributed by atoms with Crippen LogP contribution in [0.3, 0.4) is 0 Å².